The summed E-state index contributed by atoms with van der Waals surface area (Å²) in [6, 6.07) is 32.7. The first-order chi connectivity index (χ1) is 14.7. The van der Waals surface area contributed by atoms with E-state index in [0.717, 1.165) is 39.6 Å². The van der Waals surface area contributed by atoms with Crippen LogP contribution in [0.5, 0.6) is 0 Å². The van der Waals surface area contributed by atoms with E-state index in [1.807, 2.05) is 55.5 Å². The quantitative estimate of drug-likeness (QED) is 0.318. The molecule has 0 bridgehead atoms. The minimum Gasteiger partial charge on any atom is -0.273 e. The van der Waals surface area contributed by atoms with Crippen molar-refractivity contribution in [1.82, 2.24) is 5.43 Å². The number of hydrogen-bond acceptors (Lipinski definition) is 2. The number of fused-ring (bicyclic) bond motifs is 1. The first kappa shape index (κ1) is 19.6. The van der Waals surface area contributed by atoms with Gasteiger partial charge in [-0.2, -0.15) is 5.10 Å². The molecule has 0 aliphatic heterocycles. The Bertz CT molecular complexity index is 1170. The van der Waals surface area contributed by atoms with Crippen molar-refractivity contribution in [2.75, 3.05) is 0 Å². The van der Waals surface area contributed by atoms with Gasteiger partial charge in [-0.3, -0.25) is 4.79 Å². The third-order valence-corrected chi connectivity index (χ3v) is 5.21. The lowest BCUT2D eigenvalue weighted by Crippen LogP contribution is -2.22. The maximum absolute atomic E-state index is 12.5. The molecular weight excluding hydrogens is 368 g/mol. The number of benzene rings is 4. The van der Waals surface area contributed by atoms with Gasteiger partial charge in [-0.1, -0.05) is 104 Å². The SMILES string of the molecule is CC/C(=N/NC(=O)Cc1cccc2ccccc12)c1ccc(-c2ccccc2)cc1. The Labute approximate surface area is 177 Å². The maximum Gasteiger partial charge on any atom is 0.244 e. The molecule has 0 saturated carbocycles. The molecule has 4 rings (SSSR count). The molecule has 1 amide bonds. The van der Waals surface area contributed by atoms with Crippen LogP contribution < -0.4 is 5.43 Å². The summed E-state index contributed by atoms with van der Waals surface area (Å²) < 4.78 is 0. The Morgan fingerprint density at radius 1 is 0.767 bits per heavy atom. The fourth-order valence-electron chi connectivity index (χ4n) is 3.62. The van der Waals surface area contributed by atoms with Gasteiger partial charge in [-0.05, 0) is 39.4 Å². The fraction of sp³-hybridized carbons (Fsp3) is 0.111. The summed E-state index contributed by atoms with van der Waals surface area (Å²) in [5.41, 5.74) is 7.97. The van der Waals surface area contributed by atoms with E-state index in [4.69, 9.17) is 0 Å². The summed E-state index contributed by atoms with van der Waals surface area (Å²) in [5, 5.41) is 6.65. The largest absolute Gasteiger partial charge is 0.273 e. The fourth-order valence-corrected chi connectivity index (χ4v) is 3.62. The molecule has 0 saturated heterocycles. The lowest BCUT2D eigenvalue weighted by Gasteiger charge is -2.08. The van der Waals surface area contributed by atoms with Crippen LogP contribution in [0.3, 0.4) is 0 Å². The second-order valence-electron chi connectivity index (χ2n) is 7.21. The molecular formula is C27H24N2O. The molecule has 0 atom stereocenters. The predicted octanol–water partition coefficient (Wildman–Crippen LogP) is 5.98. The molecule has 4 aromatic rings. The van der Waals surface area contributed by atoms with Crippen molar-refractivity contribution >= 4 is 22.4 Å². The number of hydrazone groups is 1. The van der Waals surface area contributed by atoms with Crippen molar-refractivity contribution in [1.29, 1.82) is 0 Å². The molecule has 0 heterocycles. The van der Waals surface area contributed by atoms with E-state index in [-0.39, 0.29) is 5.91 Å². The smallest absolute Gasteiger partial charge is 0.244 e. The average Bonchev–Trinajstić information content (AvgIpc) is 2.81. The number of carbonyl (C=O) groups is 1. The number of amides is 1. The Kier molecular flexibility index (Phi) is 6.00. The lowest BCUT2D eigenvalue weighted by molar-refractivity contribution is -0.120. The predicted molar refractivity (Wildman–Crippen MR) is 125 cm³/mol. The molecule has 3 nitrogen and oxygen atoms in total. The topological polar surface area (TPSA) is 41.5 Å². The van der Waals surface area contributed by atoms with Gasteiger partial charge in [-0.15, -0.1) is 0 Å². The zero-order valence-electron chi connectivity index (χ0n) is 17.0. The Morgan fingerprint density at radius 2 is 1.43 bits per heavy atom. The number of nitrogens with zero attached hydrogens (tertiary/aromatic N) is 1. The van der Waals surface area contributed by atoms with Gasteiger partial charge >= 0.3 is 0 Å². The van der Waals surface area contributed by atoms with Crippen LogP contribution in [0.25, 0.3) is 21.9 Å². The van der Waals surface area contributed by atoms with Gasteiger partial charge in [0.1, 0.15) is 0 Å². The Balaban J connectivity index is 1.47. The van der Waals surface area contributed by atoms with Gasteiger partial charge in [0.2, 0.25) is 5.91 Å². The summed E-state index contributed by atoms with van der Waals surface area (Å²) in [6.07, 6.45) is 1.04. The van der Waals surface area contributed by atoms with Gasteiger partial charge < -0.3 is 0 Å². The molecule has 3 heteroatoms. The van der Waals surface area contributed by atoms with Crippen LogP contribution in [-0.4, -0.2) is 11.6 Å². The summed E-state index contributed by atoms with van der Waals surface area (Å²) >= 11 is 0. The highest BCUT2D eigenvalue weighted by Crippen LogP contribution is 2.20. The van der Waals surface area contributed by atoms with Crippen LogP contribution in [0.15, 0.2) is 102 Å². The number of nitrogens with one attached hydrogen (secondary N) is 1. The maximum atomic E-state index is 12.5. The van der Waals surface area contributed by atoms with E-state index < -0.39 is 0 Å². The molecule has 148 valence electrons. The van der Waals surface area contributed by atoms with E-state index in [1.165, 1.54) is 5.56 Å². The highest BCUT2D eigenvalue weighted by molar-refractivity contribution is 6.01. The van der Waals surface area contributed by atoms with Crippen molar-refractivity contribution in [2.24, 2.45) is 5.10 Å². The average molecular weight is 393 g/mol. The standard InChI is InChI=1S/C27H24N2O/c1-2-26(23-17-15-21(16-18-23)20-9-4-3-5-10-20)28-29-27(30)19-24-13-8-12-22-11-6-7-14-25(22)24/h3-18H,2,19H2,1H3,(H,29,30)/b28-26-. The van der Waals surface area contributed by atoms with Crippen molar-refractivity contribution in [3.63, 3.8) is 0 Å². The van der Waals surface area contributed by atoms with Crippen molar-refractivity contribution in [3.8, 4) is 11.1 Å². The zero-order valence-corrected chi connectivity index (χ0v) is 17.0. The second-order valence-corrected chi connectivity index (χ2v) is 7.21. The summed E-state index contributed by atoms with van der Waals surface area (Å²) in [4.78, 5) is 12.5. The van der Waals surface area contributed by atoms with E-state index in [0.29, 0.717) is 6.42 Å². The zero-order chi connectivity index (χ0) is 20.8. The summed E-state index contributed by atoms with van der Waals surface area (Å²) in [6.45, 7) is 2.04. The van der Waals surface area contributed by atoms with Gasteiger partial charge in [-0.25, -0.2) is 5.43 Å². The Hall–Kier alpha value is -3.72. The molecule has 0 aromatic heterocycles. The van der Waals surface area contributed by atoms with E-state index in [9.17, 15) is 4.79 Å². The number of carbonyl (C=O) groups excluding carboxylic acids is 1. The highest BCUT2D eigenvalue weighted by Gasteiger charge is 2.08. The van der Waals surface area contributed by atoms with Crippen molar-refractivity contribution in [3.05, 3.63) is 108 Å². The van der Waals surface area contributed by atoms with Gasteiger partial charge in [0.25, 0.3) is 0 Å². The molecule has 4 aromatic carbocycles. The summed E-state index contributed by atoms with van der Waals surface area (Å²) in [7, 11) is 0. The van der Waals surface area contributed by atoms with Crippen LogP contribution in [0.2, 0.25) is 0 Å². The minimum absolute atomic E-state index is 0.113. The normalized spacial score (nSPS) is 11.4. The molecule has 30 heavy (non-hydrogen) atoms. The van der Waals surface area contributed by atoms with E-state index in [1.54, 1.807) is 0 Å². The Morgan fingerprint density at radius 3 is 2.20 bits per heavy atom. The number of rotatable bonds is 6. The molecule has 0 fully saturated rings. The second kappa shape index (κ2) is 9.19. The van der Waals surface area contributed by atoms with Crippen LogP contribution in [0.1, 0.15) is 24.5 Å². The molecule has 0 aliphatic carbocycles. The number of hydrogen-bond donors (Lipinski definition) is 1. The third kappa shape index (κ3) is 4.47. The molecule has 0 unspecified atom stereocenters. The van der Waals surface area contributed by atoms with E-state index in [2.05, 4.69) is 59.1 Å². The van der Waals surface area contributed by atoms with Gasteiger partial charge in [0.15, 0.2) is 0 Å². The lowest BCUT2D eigenvalue weighted by atomic mass is 10.0. The monoisotopic (exact) mass is 392 g/mol. The first-order valence-electron chi connectivity index (χ1n) is 10.2. The van der Waals surface area contributed by atoms with Crippen molar-refractivity contribution in [2.45, 2.75) is 19.8 Å². The van der Waals surface area contributed by atoms with Crippen LogP contribution in [0, 0.1) is 0 Å². The highest BCUT2D eigenvalue weighted by atomic mass is 16.2. The van der Waals surface area contributed by atoms with E-state index >= 15 is 0 Å². The molecule has 1 N–H and O–H groups in total. The van der Waals surface area contributed by atoms with Gasteiger partial charge in [0, 0.05) is 0 Å². The van der Waals surface area contributed by atoms with Crippen LogP contribution in [0.4, 0.5) is 0 Å². The molecule has 0 spiro atoms. The minimum atomic E-state index is -0.113. The van der Waals surface area contributed by atoms with Gasteiger partial charge in [0.05, 0.1) is 12.1 Å². The van der Waals surface area contributed by atoms with Crippen molar-refractivity contribution < 1.29 is 4.79 Å². The molecule has 0 aliphatic rings. The third-order valence-electron chi connectivity index (χ3n) is 5.21. The molecule has 0 radical (unpaired) electrons. The first-order valence-corrected chi connectivity index (χ1v) is 10.2. The van der Waals surface area contributed by atoms with Crippen LogP contribution >= 0.6 is 0 Å². The van der Waals surface area contributed by atoms with Crippen LogP contribution in [-0.2, 0) is 11.2 Å². The summed E-state index contributed by atoms with van der Waals surface area (Å²) in [5.74, 6) is -0.113.